The first-order chi connectivity index (χ1) is 7.27. The summed E-state index contributed by atoms with van der Waals surface area (Å²) in [5.41, 5.74) is 1.90. The lowest BCUT2D eigenvalue weighted by atomic mass is 9.97. The molecule has 2 N–H and O–H groups in total. The van der Waals surface area contributed by atoms with E-state index in [0.29, 0.717) is 18.0 Å². The van der Waals surface area contributed by atoms with Gasteiger partial charge in [-0.15, -0.1) is 12.4 Å². The van der Waals surface area contributed by atoms with Crippen LogP contribution in [0.4, 0.5) is 0 Å². The minimum absolute atomic E-state index is 0. The van der Waals surface area contributed by atoms with E-state index in [-0.39, 0.29) is 12.4 Å². The Labute approximate surface area is 101 Å². The zero-order valence-corrected chi connectivity index (χ0v) is 10.1. The van der Waals surface area contributed by atoms with Crippen molar-refractivity contribution in [3.8, 4) is 11.5 Å². The lowest BCUT2D eigenvalue weighted by Crippen LogP contribution is -2.28. The van der Waals surface area contributed by atoms with Crippen LogP contribution in [0.5, 0.6) is 11.5 Å². The van der Waals surface area contributed by atoms with Crippen LogP contribution in [0.1, 0.15) is 17.2 Å². The molecule has 16 heavy (non-hydrogen) atoms. The maximum Gasteiger partial charge on any atom is 0.166 e. The van der Waals surface area contributed by atoms with E-state index in [1.54, 1.807) is 14.2 Å². The number of halogens is 1. The molecule has 0 bridgehead atoms. The van der Waals surface area contributed by atoms with E-state index in [9.17, 15) is 5.11 Å². The summed E-state index contributed by atoms with van der Waals surface area (Å²) in [6.07, 6.45) is -0.529. The number of β-amino-alcohol motifs (C(OH)–C–C–N with tert-alkyl or cyclic N) is 1. The molecule has 0 amide bonds. The standard InChI is InChI=1S/C11H15NO3.ClH/c1-14-9-4-3-7-5-12-6-8(13)10(7)11(9)15-2;/h3-4,8,12-13H,5-6H2,1-2H3;1H. The molecule has 0 saturated carbocycles. The van der Waals surface area contributed by atoms with E-state index < -0.39 is 6.10 Å². The number of fused-ring (bicyclic) bond motifs is 1. The Bertz CT molecular complexity index is 370. The average Bonchev–Trinajstić information content (AvgIpc) is 2.28. The molecule has 0 fully saturated rings. The van der Waals surface area contributed by atoms with Crippen LogP contribution in [0, 0.1) is 0 Å². The van der Waals surface area contributed by atoms with Crippen molar-refractivity contribution in [3.05, 3.63) is 23.3 Å². The van der Waals surface area contributed by atoms with Crippen LogP contribution in [0.25, 0.3) is 0 Å². The Kier molecular flexibility index (Phi) is 4.41. The van der Waals surface area contributed by atoms with Crippen LogP contribution in [0.15, 0.2) is 12.1 Å². The van der Waals surface area contributed by atoms with Crippen molar-refractivity contribution in [1.29, 1.82) is 0 Å². The van der Waals surface area contributed by atoms with Gasteiger partial charge in [0.25, 0.3) is 0 Å². The topological polar surface area (TPSA) is 50.7 Å². The number of aliphatic hydroxyl groups is 1. The molecule has 4 nitrogen and oxygen atoms in total. The normalized spacial score (nSPS) is 18.3. The molecular weight excluding hydrogens is 230 g/mol. The lowest BCUT2D eigenvalue weighted by Gasteiger charge is -2.25. The molecule has 1 aliphatic heterocycles. The minimum Gasteiger partial charge on any atom is -0.493 e. The van der Waals surface area contributed by atoms with Gasteiger partial charge in [0.1, 0.15) is 0 Å². The van der Waals surface area contributed by atoms with Crippen molar-refractivity contribution in [2.24, 2.45) is 0 Å². The van der Waals surface area contributed by atoms with Crippen molar-refractivity contribution in [2.45, 2.75) is 12.6 Å². The van der Waals surface area contributed by atoms with E-state index in [2.05, 4.69) is 5.32 Å². The van der Waals surface area contributed by atoms with Crippen molar-refractivity contribution in [3.63, 3.8) is 0 Å². The number of aliphatic hydroxyl groups excluding tert-OH is 1. The van der Waals surface area contributed by atoms with Gasteiger partial charge < -0.3 is 19.9 Å². The molecule has 1 unspecified atom stereocenters. The van der Waals surface area contributed by atoms with E-state index in [1.807, 2.05) is 12.1 Å². The number of nitrogens with one attached hydrogen (secondary N) is 1. The predicted octanol–water partition coefficient (Wildman–Crippen LogP) is 1.26. The Morgan fingerprint density at radius 1 is 1.31 bits per heavy atom. The van der Waals surface area contributed by atoms with Crippen molar-refractivity contribution in [1.82, 2.24) is 5.32 Å². The number of hydrogen-bond donors (Lipinski definition) is 2. The third-order valence-electron chi connectivity index (χ3n) is 2.66. The summed E-state index contributed by atoms with van der Waals surface area (Å²) in [5, 5.41) is 13.0. The predicted molar refractivity (Wildman–Crippen MR) is 63.5 cm³/mol. The van der Waals surface area contributed by atoms with Gasteiger partial charge in [0.15, 0.2) is 11.5 Å². The third-order valence-corrected chi connectivity index (χ3v) is 2.66. The van der Waals surface area contributed by atoms with Gasteiger partial charge in [-0.25, -0.2) is 0 Å². The quantitative estimate of drug-likeness (QED) is 0.824. The minimum atomic E-state index is -0.529. The third kappa shape index (κ3) is 2.09. The van der Waals surface area contributed by atoms with E-state index in [4.69, 9.17) is 9.47 Å². The van der Waals surface area contributed by atoms with Gasteiger partial charge in [0.2, 0.25) is 0 Å². The lowest BCUT2D eigenvalue weighted by molar-refractivity contribution is 0.159. The molecule has 1 aromatic rings. The maximum atomic E-state index is 9.90. The Hall–Kier alpha value is -0.970. The summed E-state index contributed by atoms with van der Waals surface area (Å²) < 4.78 is 10.5. The molecule has 0 aromatic heterocycles. The van der Waals surface area contributed by atoms with Crippen LogP contribution in [-0.2, 0) is 6.54 Å². The molecule has 5 heteroatoms. The molecule has 0 saturated heterocycles. The Morgan fingerprint density at radius 3 is 2.69 bits per heavy atom. The molecule has 1 heterocycles. The van der Waals surface area contributed by atoms with Crippen molar-refractivity contribution in [2.75, 3.05) is 20.8 Å². The highest BCUT2D eigenvalue weighted by molar-refractivity contribution is 5.85. The first-order valence-electron chi connectivity index (χ1n) is 4.90. The fourth-order valence-electron chi connectivity index (χ4n) is 1.96. The molecule has 90 valence electrons. The zero-order valence-electron chi connectivity index (χ0n) is 9.32. The summed E-state index contributed by atoms with van der Waals surface area (Å²) >= 11 is 0. The van der Waals surface area contributed by atoms with Crippen LogP contribution < -0.4 is 14.8 Å². The molecular formula is C11H16ClNO3. The summed E-state index contributed by atoms with van der Waals surface area (Å²) in [5.74, 6) is 1.31. The number of ether oxygens (including phenoxy) is 2. The summed E-state index contributed by atoms with van der Waals surface area (Å²) in [6.45, 7) is 1.31. The number of benzene rings is 1. The van der Waals surface area contributed by atoms with Gasteiger partial charge in [-0.3, -0.25) is 0 Å². The average molecular weight is 246 g/mol. The smallest absolute Gasteiger partial charge is 0.166 e. The fourth-order valence-corrected chi connectivity index (χ4v) is 1.96. The SMILES string of the molecule is COc1ccc2c(c1OC)C(O)CNC2.Cl. The molecule has 0 aliphatic carbocycles. The monoisotopic (exact) mass is 245 g/mol. The first-order valence-corrected chi connectivity index (χ1v) is 4.90. The number of rotatable bonds is 2. The summed E-state index contributed by atoms with van der Waals surface area (Å²) in [4.78, 5) is 0. The molecule has 1 atom stereocenters. The molecule has 0 radical (unpaired) electrons. The van der Waals surface area contributed by atoms with Gasteiger partial charge in [0, 0.05) is 18.7 Å². The van der Waals surface area contributed by atoms with Gasteiger partial charge in [0.05, 0.1) is 20.3 Å². The number of methoxy groups -OCH3 is 2. The van der Waals surface area contributed by atoms with E-state index in [0.717, 1.165) is 17.7 Å². The molecule has 0 spiro atoms. The van der Waals surface area contributed by atoms with Crippen LogP contribution in [0.2, 0.25) is 0 Å². The van der Waals surface area contributed by atoms with Gasteiger partial charge in [-0.2, -0.15) is 0 Å². The van der Waals surface area contributed by atoms with Crippen LogP contribution >= 0.6 is 12.4 Å². The van der Waals surface area contributed by atoms with Crippen LogP contribution in [0.3, 0.4) is 0 Å². The Morgan fingerprint density at radius 2 is 2.06 bits per heavy atom. The second-order valence-electron chi connectivity index (χ2n) is 3.52. The summed E-state index contributed by atoms with van der Waals surface area (Å²) in [7, 11) is 3.19. The highest BCUT2D eigenvalue weighted by atomic mass is 35.5. The molecule has 2 rings (SSSR count). The molecule has 1 aromatic carbocycles. The maximum absolute atomic E-state index is 9.90. The highest BCUT2D eigenvalue weighted by Crippen LogP contribution is 2.38. The van der Waals surface area contributed by atoms with Gasteiger partial charge in [-0.1, -0.05) is 6.07 Å². The largest absolute Gasteiger partial charge is 0.493 e. The first kappa shape index (κ1) is 13.1. The highest BCUT2D eigenvalue weighted by Gasteiger charge is 2.24. The fraction of sp³-hybridized carbons (Fsp3) is 0.455. The second-order valence-corrected chi connectivity index (χ2v) is 3.52. The van der Waals surface area contributed by atoms with Gasteiger partial charge >= 0.3 is 0 Å². The second kappa shape index (κ2) is 5.39. The number of hydrogen-bond acceptors (Lipinski definition) is 4. The van der Waals surface area contributed by atoms with E-state index >= 15 is 0 Å². The van der Waals surface area contributed by atoms with E-state index in [1.165, 1.54) is 0 Å². The van der Waals surface area contributed by atoms with Gasteiger partial charge in [-0.05, 0) is 11.6 Å². The molecule has 1 aliphatic rings. The summed E-state index contributed by atoms with van der Waals surface area (Å²) in [6, 6.07) is 3.81. The Balaban J connectivity index is 0.00000128. The van der Waals surface area contributed by atoms with Crippen molar-refractivity contribution < 1.29 is 14.6 Å². The zero-order chi connectivity index (χ0) is 10.8. The van der Waals surface area contributed by atoms with Crippen LogP contribution in [-0.4, -0.2) is 25.9 Å². The van der Waals surface area contributed by atoms with Crippen molar-refractivity contribution >= 4 is 12.4 Å².